The van der Waals surface area contributed by atoms with Gasteiger partial charge in [-0.05, 0) is 141 Å². The second kappa shape index (κ2) is 14.7. The van der Waals surface area contributed by atoms with Gasteiger partial charge in [0.15, 0.2) is 17.5 Å². The molecular formula is C62H50N4. The van der Waals surface area contributed by atoms with Crippen LogP contribution >= 0.6 is 0 Å². The van der Waals surface area contributed by atoms with Crippen LogP contribution in [0.1, 0.15) is 66.6 Å². The van der Waals surface area contributed by atoms with Gasteiger partial charge in [-0.2, -0.15) is 0 Å². The van der Waals surface area contributed by atoms with Gasteiger partial charge in [0, 0.05) is 44.3 Å². The van der Waals surface area contributed by atoms with Crippen molar-refractivity contribution < 1.29 is 0 Å². The lowest BCUT2D eigenvalue weighted by Crippen LogP contribution is -2.18. The summed E-state index contributed by atoms with van der Waals surface area (Å²) in [5.74, 6) is 2.00. The third-order valence-corrected chi connectivity index (χ3v) is 14.5. The van der Waals surface area contributed by atoms with Crippen LogP contribution in [0.3, 0.4) is 0 Å². The van der Waals surface area contributed by atoms with E-state index in [0.29, 0.717) is 17.5 Å². The summed E-state index contributed by atoms with van der Waals surface area (Å²) in [6, 6.07) is 64.1. The Hall–Kier alpha value is -7.69. The molecule has 0 fully saturated rings. The van der Waals surface area contributed by atoms with Crippen LogP contribution in [-0.2, 0) is 10.8 Å². The molecule has 0 bridgehead atoms. The van der Waals surface area contributed by atoms with Gasteiger partial charge in [-0.15, -0.1) is 0 Å². The van der Waals surface area contributed by atoms with E-state index in [1.165, 1.54) is 88.7 Å². The fourth-order valence-corrected chi connectivity index (χ4v) is 11.1. The summed E-state index contributed by atoms with van der Waals surface area (Å²) in [4.78, 5) is 18.0. The van der Waals surface area contributed by atoms with Crippen molar-refractivity contribution >= 4 is 38.6 Å². The van der Waals surface area contributed by atoms with Gasteiger partial charge in [-0.3, -0.25) is 0 Å². The van der Waals surface area contributed by atoms with Crippen LogP contribution in [0.5, 0.6) is 0 Å². The van der Waals surface area contributed by atoms with Crippen molar-refractivity contribution in [2.75, 3.05) is 4.90 Å². The number of hydrogen-bond donors (Lipinski definition) is 0. The summed E-state index contributed by atoms with van der Waals surface area (Å²) < 4.78 is 0. The predicted octanol–water partition coefficient (Wildman–Crippen LogP) is 16.2. The Morgan fingerprint density at radius 3 is 1.44 bits per heavy atom. The number of hydrogen-bond acceptors (Lipinski definition) is 4. The Balaban J connectivity index is 1.07. The summed E-state index contributed by atoms with van der Waals surface area (Å²) >= 11 is 0. The highest BCUT2D eigenvalue weighted by molar-refractivity contribution is 6.12. The zero-order valence-electron chi connectivity index (χ0n) is 38.5. The van der Waals surface area contributed by atoms with E-state index >= 15 is 0 Å². The van der Waals surface area contributed by atoms with Gasteiger partial charge in [-0.1, -0.05) is 161 Å². The zero-order chi connectivity index (χ0) is 45.1. The van der Waals surface area contributed by atoms with Crippen molar-refractivity contribution in [3.05, 3.63) is 215 Å². The van der Waals surface area contributed by atoms with E-state index in [1.54, 1.807) is 0 Å². The van der Waals surface area contributed by atoms with E-state index in [1.807, 2.05) is 36.4 Å². The first-order valence-electron chi connectivity index (χ1n) is 23.1. The van der Waals surface area contributed by atoms with Crippen molar-refractivity contribution in [3.8, 4) is 56.4 Å². The number of aromatic nitrogens is 3. The predicted molar refractivity (Wildman–Crippen MR) is 275 cm³/mol. The van der Waals surface area contributed by atoms with Crippen LogP contribution in [0.15, 0.2) is 176 Å². The maximum absolute atomic E-state index is 5.24. The van der Waals surface area contributed by atoms with Crippen LogP contribution in [0.25, 0.3) is 78.0 Å². The number of fused-ring (bicyclic) bond motifs is 10. The Morgan fingerprint density at radius 2 is 0.848 bits per heavy atom. The molecule has 9 aromatic carbocycles. The highest BCUT2D eigenvalue weighted by Gasteiger charge is 2.44. The summed E-state index contributed by atoms with van der Waals surface area (Å²) in [5.41, 5.74) is 20.2. The molecule has 0 N–H and O–H groups in total. The Morgan fingerprint density at radius 1 is 0.364 bits per heavy atom. The lowest BCUT2D eigenvalue weighted by molar-refractivity contribution is 0.652. The maximum Gasteiger partial charge on any atom is 0.164 e. The Labute approximate surface area is 387 Å². The average Bonchev–Trinajstić information content (AvgIpc) is 3.70. The maximum atomic E-state index is 5.24. The smallest absolute Gasteiger partial charge is 0.164 e. The molecule has 10 aromatic rings. The van der Waals surface area contributed by atoms with Crippen LogP contribution in [0.2, 0.25) is 0 Å². The van der Waals surface area contributed by atoms with E-state index < -0.39 is 0 Å². The topological polar surface area (TPSA) is 41.9 Å². The fourth-order valence-electron chi connectivity index (χ4n) is 11.1. The van der Waals surface area contributed by atoms with Crippen LogP contribution < -0.4 is 4.90 Å². The van der Waals surface area contributed by atoms with Crippen molar-refractivity contribution in [2.45, 2.75) is 59.3 Å². The molecule has 0 radical (unpaired) electrons. The molecule has 0 amide bonds. The molecule has 4 heteroatoms. The monoisotopic (exact) mass is 850 g/mol. The minimum atomic E-state index is -0.316. The SMILES string of the molecule is Cc1cccc(N(c2cc(C)ccc2C)c2cc3c(c4ccccc24)-c2cc4c(cc2C3(C)C)-c2c(cc(-c3nc(-c5ccccc5)nc(-c5ccccc5)n3)c3ccccc23)C4(C)C)c1. The molecule has 0 aliphatic heterocycles. The van der Waals surface area contributed by atoms with E-state index in [9.17, 15) is 0 Å². The van der Waals surface area contributed by atoms with Crippen molar-refractivity contribution in [1.29, 1.82) is 0 Å². The standard InChI is InChI=1S/C62H50N4/c1-37-19-18-24-42(31-37)66(54-32-38(2)29-30-39(54)3)55-36-53-57(46-28-17-15-26-44(46)55)49-35-50-48(34-51(49)62(53,6)7)56-45-27-16-14-25-43(45)47(33-52(56)61(50,4)5)60-64-58(40-20-10-8-11-21-40)63-59(65-60)41-22-12-9-13-23-41/h8-36H,1-7H3. The molecule has 1 aromatic heterocycles. The Bertz CT molecular complexity index is 3560. The Kier molecular flexibility index (Phi) is 8.86. The van der Waals surface area contributed by atoms with Gasteiger partial charge in [0.05, 0.1) is 5.69 Å². The largest absolute Gasteiger partial charge is 0.310 e. The molecule has 0 saturated heterocycles. The molecule has 318 valence electrons. The van der Waals surface area contributed by atoms with E-state index in [4.69, 9.17) is 15.0 Å². The van der Waals surface area contributed by atoms with E-state index in [-0.39, 0.29) is 10.8 Å². The van der Waals surface area contributed by atoms with Crippen LogP contribution in [0.4, 0.5) is 17.1 Å². The van der Waals surface area contributed by atoms with Crippen molar-refractivity contribution in [3.63, 3.8) is 0 Å². The van der Waals surface area contributed by atoms with E-state index in [0.717, 1.165) is 27.8 Å². The summed E-state index contributed by atoms with van der Waals surface area (Å²) in [6.07, 6.45) is 0. The molecule has 0 unspecified atom stereocenters. The molecule has 66 heavy (non-hydrogen) atoms. The number of anilines is 3. The molecule has 1 heterocycles. The lowest BCUT2D eigenvalue weighted by atomic mass is 9.79. The molecule has 0 spiro atoms. The van der Waals surface area contributed by atoms with Crippen molar-refractivity contribution in [1.82, 2.24) is 15.0 Å². The minimum absolute atomic E-state index is 0.284. The van der Waals surface area contributed by atoms with E-state index in [2.05, 4.69) is 193 Å². The quantitative estimate of drug-likeness (QED) is 0.167. The first kappa shape index (κ1) is 39.9. The summed E-state index contributed by atoms with van der Waals surface area (Å²) in [7, 11) is 0. The molecule has 4 nitrogen and oxygen atoms in total. The molecule has 12 rings (SSSR count). The second-order valence-corrected chi connectivity index (χ2v) is 19.5. The van der Waals surface area contributed by atoms with Crippen LogP contribution in [0, 0.1) is 20.8 Å². The number of benzene rings is 9. The van der Waals surface area contributed by atoms with Crippen molar-refractivity contribution in [2.24, 2.45) is 0 Å². The minimum Gasteiger partial charge on any atom is -0.310 e. The van der Waals surface area contributed by atoms with Gasteiger partial charge < -0.3 is 4.90 Å². The second-order valence-electron chi connectivity index (χ2n) is 19.5. The van der Waals surface area contributed by atoms with Gasteiger partial charge in [0.25, 0.3) is 0 Å². The van der Waals surface area contributed by atoms with Gasteiger partial charge in [-0.25, -0.2) is 15.0 Å². The van der Waals surface area contributed by atoms with Gasteiger partial charge in [0.2, 0.25) is 0 Å². The average molecular weight is 851 g/mol. The molecule has 0 saturated carbocycles. The first-order chi connectivity index (χ1) is 32.0. The number of nitrogens with zero attached hydrogens (tertiary/aromatic N) is 4. The number of rotatable bonds is 6. The molecule has 2 aliphatic carbocycles. The summed E-state index contributed by atoms with van der Waals surface area (Å²) in [5, 5.41) is 4.86. The van der Waals surface area contributed by atoms with Gasteiger partial charge >= 0.3 is 0 Å². The highest BCUT2D eigenvalue weighted by atomic mass is 15.1. The third-order valence-electron chi connectivity index (χ3n) is 14.5. The van der Waals surface area contributed by atoms with Gasteiger partial charge in [0.1, 0.15) is 0 Å². The summed E-state index contributed by atoms with van der Waals surface area (Å²) in [6.45, 7) is 16.3. The molecule has 0 atom stereocenters. The highest BCUT2D eigenvalue weighted by Crippen LogP contribution is 2.60. The first-order valence-corrected chi connectivity index (χ1v) is 23.1. The zero-order valence-corrected chi connectivity index (χ0v) is 38.5. The fraction of sp³-hybridized carbons (Fsp3) is 0.145. The third kappa shape index (κ3) is 6.01. The molecule has 2 aliphatic rings. The normalized spacial score (nSPS) is 13.9. The van der Waals surface area contributed by atoms with Crippen LogP contribution in [-0.4, -0.2) is 15.0 Å². The lowest BCUT2D eigenvalue weighted by Gasteiger charge is -2.31. The number of aryl methyl sites for hydroxylation is 3. The molecular weight excluding hydrogens is 801 g/mol.